The smallest absolute Gasteiger partial charge is 0.410 e. The van der Waals surface area contributed by atoms with Gasteiger partial charge < -0.3 is 20.1 Å². The summed E-state index contributed by atoms with van der Waals surface area (Å²) >= 11 is 1.96. The first-order chi connectivity index (χ1) is 10.7. The number of ether oxygens (including phenoxy) is 1. The molecular formula is C16H28N2O4S. The van der Waals surface area contributed by atoms with Gasteiger partial charge in [0, 0.05) is 24.9 Å². The van der Waals surface area contributed by atoms with Crippen LogP contribution in [-0.2, 0) is 9.53 Å². The minimum atomic E-state index is -0.836. The molecule has 2 aliphatic rings. The van der Waals surface area contributed by atoms with E-state index < -0.39 is 17.1 Å². The quantitative estimate of drug-likeness (QED) is 0.797. The van der Waals surface area contributed by atoms with Gasteiger partial charge in [-0.15, -0.1) is 0 Å². The molecule has 0 aromatic heterocycles. The highest BCUT2D eigenvalue weighted by Crippen LogP contribution is 2.29. The maximum Gasteiger partial charge on any atom is 0.410 e. The molecular weight excluding hydrogens is 316 g/mol. The van der Waals surface area contributed by atoms with Gasteiger partial charge >= 0.3 is 12.1 Å². The van der Waals surface area contributed by atoms with Crippen LogP contribution in [0.2, 0.25) is 0 Å². The Morgan fingerprint density at radius 2 is 2.04 bits per heavy atom. The van der Waals surface area contributed by atoms with Crippen LogP contribution in [0.5, 0.6) is 0 Å². The Morgan fingerprint density at radius 3 is 2.57 bits per heavy atom. The number of carbonyl (C=O) groups excluding carboxylic acids is 1. The van der Waals surface area contributed by atoms with Gasteiger partial charge in [-0.25, -0.2) is 4.79 Å². The van der Waals surface area contributed by atoms with Crippen LogP contribution in [0.25, 0.3) is 0 Å². The summed E-state index contributed by atoms with van der Waals surface area (Å²) in [5, 5.41) is 13.2. The number of thioether (sulfide) groups is 1. The lowest BCUT2D eigenvalue weighted by molar-refractivity contribution is -0.141. The van der Waals surface area contributed by atoms with E-state index in [1.54, 1.807) is 4.90 Å². The van der Waals surface area contributed by atoms with Crippen molar-refractivity contribution in [3.63, 3.8) is 0 Å². The van der Waals surface area contributed by atoms with E-state index in [0.717, 1.165) is 6.54 Å². The molecule has 1 atom stereocenters. The first-order valence-electron chi connectivity index (χ1n) is 8.25. The number of rotatable bonds is 5. The van der Waals surface area contributed by atoms with Crippen molar-refractivity contribution in [1.82, 2.24) is 10.2 Å². The Bertz CT molecular complexity index is 438. The summed E-state index contributed by atoms with van der Waals surface area (Å²) in [6.45, 7) is 7.08. The molecule has 1 amide bonds. The van der Waals surface area contributed by atoms with E-state index in [4.69, 9.17) is 4.74 Å². The molecule has 1 unspecified atom stereocenters. The van der Waals surface area contributed by atoms with Crippen LogP contribution in [0.15, 0.2) is 0 Å². The summed E-state index contributed by atoms with van der Waals surface area (Å²) in [5.74, 6) is 0.347. The number of nitrogens with one attached hydrogen (secondary N) is 1. The predicted octanol–water partition coefficient (Wildman–Crippen LogP) is 2.33. The van der Waals surface area contributed by atoms with Crippen LogP contribution >= 0.6 is 11.8 Å². The minimum absolute atomic E-state index is 0.0314. The molecule has 2 rings (SSSR count). The van der Waals surface area contributed by atoms with Gasteiger partial charge in [-0.05, 0) is 39.4 Å². The summed E-state index contributed by atoms with van der Waals surface area (Å²) in [6.07, 6.45) is 3.36. The summed E-state index contributed by atoms with van der Waals surface area (Å²) in [5.41, 5.74) is -1.05. The SMILES string of the molecule is CC(C)(C)OC(=O)N1CC(CC(=O)O)(NCC2CCCCS2)C1. The number of carboxylic acids is 1. The summed E-state index contributed by atoms with van der Waals surface area (Å²) in [4.78, 5) is 24.8. The molecule has 0 radical (unpaired) electrons. The second-order valence-corrected chi connectivity index (χ2v) is 8.96. The van der Waals surface area contributed by atoms with Gasteiger partial charge in [-0.1, -0.05) is 6.42 Å². The van der Waals surface area contributed by atoms with Gasteiger partial charge in [0.15, 0.2) is 0 Å². The Labute approximate surface area is 142 Å². The zero-order valence-corrected chi connectivity index (χ0v) is 15.1. The highest BCUT2D eigenvalue weighted by atomic mass is 32.2. The fourth-order valence-corrected chi connectivity index (χ4v) is 4.25. The third kappa shape index (κ3) is 5.57. The Morgan fingerprint density at radius 1 is 1.35 bits per heavy atom. The number of amides is 1. The summed E-state index contributed by atoms with van der Waals surface area (Å²) in [7, 11) is 0. The van der Waals surface area contributed by atoms with Crippen LogP contribution in [0, 0.1) is 0 Å². The van der Waals surface area contributed by atoms with E-state index in [2.05, 4.69) is 5.32 Å². The number of carboxylic acid groups (broad SMARTS) is 1. The van der Waals surface area contributed by atoms with Gasteiger partial charge in [-0.2, -0.15) is 11.8 Å². The molecule has 132 valence electrons. The van der Waals surface area contributed by atoms with Crippen molar-refractivity contribution < 1.29 is 19.4 Å². The number of aliphatic carboxylic acids is 1. The van der Waals surface area contributed by atoms with Crippen molar-refractivity contribution in [2.45, 2.75) is 62.8 Å². The molecule has 6 nitrogen and oxygen atoms in total. The highest BCUT2D eigenvalue weighted by Gasteiger charge is 2.47. The van der Waals surface area contributed by atoms with Gasteiger partial charge in [0.25, 0.3) is 0 Å². The molecule has 2 saturated heterocycles. The zero-order valence-electron chi connectivity index (χ0n) is 14.3. The molecule has 0 aliphatic carbocycles. The molecule has 23 heavy (non-hydrogen) atoms. The van der Waals surface area contributed by atoms with E-state index in [0.29, 0.717) is 18.3 Å². The van der Waals surface area contributed by atoms with Crippen LogP contribution in [0.1, 0.15) is 46.5 Å². The third-order valence-electron chi connectivity index (χ3n) is 4.11. The van der Waals surface area contributed by atoms with Crippen LogP contribution in [0.3, 0.4) is 0 Å². The highest BCUT2D eigenvalue weighted by molar-refractivity contribution is 7.99. The van der Waals surface area contributed by atoms with Crippen molar-refractivity contribution in [2.75, 3.05) is 25.4 Å². The molecule has 2 N–H and O–H groups in total. The number of hydrogen-bond donors (Lipinski definition) is 2. The molecule has 7 heteroatoms. The second-order valence-electron chi connectivity index (χ2n) is 7.56. The van der Waals surface area contributed by atoms with Gasteiger partial charge in [0.05, 0.1) is 12.0 Å². The zero-order chi connectivity index (χ0) is 17.1. The predicted molar refractivity (Wildman–Crippen MR) is 90.9 cm³/mol. The average Bonchev–Trinajstić information content (AvgIpc) is 2.39. The Kier molecular flexibility index (Phi) is 5.84. The Balaban J connectivity index is 1.86. The largest absolute Gasteiger partial charge is 0.481 e. The maximum atomic E-state index is 12.0. The summed E-state index contributed by atoms with van der Waals surface area (Å²) < 4.78 is 5.34. The number of carbonyl (C=O) groups is 2. The van der Waals surface area contributed by atoms with Crippen molar-refractivity contribution in [1.29, 1.82) is 0 Å². The topological polar surface area (TPSA) is 78.9 Å². The lowest BCUT2D eigenvalue weighted by Crippen LogP contribution is -2.71. The first-order valence-corrected chi connectivity index (χ1v) is 9.30. The van der Waals surface area contributed by atoms with Gasteiger partial charge in [0.1, 0.15) is 5.60 Å². The normalized spacial score (nSPS) is 24.0. The monoisotopic (exact) mass is 344 g/mol. The van der Waals surface area contributed by atoms with Crippen molar-refractivity contribution >= 4 is 23.8 Å². The molecule has 0 aromatic carbocycles. The molecule has 2 heterocycles. The van der Waals surface area contributed by atoms with Crippen molar-refractivity contribution in [2.24, 2.45) is 0 Å². The van der Waals surface area contributed by atoms with Crippen molar-refractivity contribution in [3.8, 4) is 0 Å². The lowest BCUT2D eigenvalue weighted by Gasteiger charge is -2.50. The van der Waals surface area contributed by atoms with E-state index in [-0.39, 0.29) is 12.5 Å². The molecule has 0 bridgehead atoms. The van der Waals surface area contributed by atoms with E-state index in [9.17, 15) is 14.7 Å². The molecule has 2 aliphatic heterocycles. The third-order valence-corrected chi connectivity index (χ3v) is 5.51. The van der Waals surface area contributed by atoms with Gasteiger partial charge in [-0.3, -0.25) is 4.79 Å². The number of hydrogen-bond acceptors (Lipinski definition) is 5. The van der Waals surface area contributed by atoms with E-state index in [1.165, 1.54) is 25.0 Å². The van der Waals surface area contributed by atoms with Crippen LogP contribution < -0.4 is 5.32 Å². The second kappa shape index (κ2) is 7.30. The molecule has 2 fully saturated rings. The van der Waals surface area contributed by atoms with E-state index >= 15 is 0 Å². The molecule has 0 saturated carbocycles. The molecule has 0 spiro atoms. The lowest BCUT2D eigenvalue weighted by atomic mass is 9.86. The standard InChI is InChI=1S/C16H28N2O4S/c1-15(2,3)22-14(21)18-10-16(11-18,8-13(19)20)17-9-12-6-4-5-7-23-12/h12,17H,4-11H2,1-3H3,(H,19,20). The average molecular weight is 344 g/mol. The van der Waals surface area contributed by atoms with Gasteiger partial charge in [0.2, 0.25) is 0 Å². The maximum absolute atomic E-state index is 12.0. The minimum Gasteiger partial charge on any atom is -0.481 e. The van der Waals surface area contributed by atoms with Crippen molar-refractivity contribution in [3.05, 3.63) is 0 Å². The van der Waals surface area contributed by atoms with Crippen LogP contribution in [0.4, 0.5) is 4.79 Å². The van der Waals surface area contributed by atoms with E-state index in [1.807, 2.05) is 32.5 Å². The van der Waals surface area contributed by atoms with Crippen LogP contribution in [-0.4, -0.2) is 63.8 Å². The first kappa shape index (κ1) is 18.4. The number of likely N-dealkylation sites (tertiary alicyclic amines) is 1. The fraction of sp³-hybridized carbons (Fsp3) is 0.875. The number of nitrogens with zero attached hydrogens (tertiary/aromatic N) is 1. The Hall–Kier alpha value is -0.950. The summed E-state index contributed by atoms with van der Waals surface area (Å²) in [6, 6.07) is 0. The molecule has 0 aromatic rings. The fourth-order valence-electron chi connectivity index (χ4n) is 3.01.